The Kier molecular flexibility index (Phi) is 5.27. The van der Waals surface area contributed by atoms with Crippen molar-refractivity contribution in [1.82, 2.24) is 4.90 Å². The molecule has 0 bridgehead atoms. The highest BCUT2D eigenvalue weighted by Gasteiger charge is 2.26. The second-order valence-electron chi connectivity index (χ2n) is 6.48. The third-order valence-electron chi connectivity index (χ3n) is 4.16. The van der Waals surface area contributed by atoms with Crippen LogP contribution >= 0.6 is 0 Å². The summed E-state index contributed by atoms with van der Waals surface area (Å²) in [4.78, 5) is 14.5. The largest absolute Gasteiger partial charge is 0.481 e. The summed E-state index contributed by atoms with van der Waals surface area (Å²) < 4.78 is 5.97. The lowest BCUT2D eigenvalue weighted by Crippen LogP contribution is -2.45. The Morgan fingerprint density at radius 2 is 2.00 bits per heavy atom. The maximum Gasteiger partial charge on any atom is 0.263 e. The lowest BCUT2D eigenvalue weighted by atomic mass is 10.00. The van der Waals surface area contributed by atoms with Crippen LogP contribution in [0.4, 0.5) is 0 Å². The Morgan fingerprint density at radius 1 is 1.29 bits per heavy atom. The Balaban J connectivity index is 2.04. The summed E-state index contributed by atoms with van der Waals surface area (Å²) in [6.07, 6.45) is 1.90. The van der Waals surface area contributed by atoms with Crippen molar-refractivity contribution in [2.45, 2.75) is 52.6 Å². The van der Waals surface area contributed by atoms with Crippen LogP contribution in [-0.2, 0) is 4.79 Å². The lowest BCUT2D eigenvalue weighted by molar-refractivity contribution is -0.139. The molecule has 1 heterocycles. The number of rotatable bonds is 4. The molecule has 21 heavy (non-hydrogen) atoms. The van der Waals surface area contributed by atoms with Crippen LogP contribution in [0.3, 0.4) is 0 Å². The van der Waals surface area contributed by atoms with Gasteiger partial charge in [-0.15, -0.1) is 0 Å². The SMILES string of the molecule is CC(C)c1ccccc1O[C@@H](C)C(=O)N1CCC[C@H](C)C1. The number of carbonyl (C=O) groups is 1. The number of amides is 1. The molecule has 1 aromatic rings. The van der Waals surface area contributed by atoms with Crippen LogP contribution in [0, 0.1) is 5.92 Å². The van der Waals surface area contributed by atoms with Gasteiger partial charge in [-0.3, -0.25) is 4.79 Å². The quantitative estimate of drug-likeness (QED) is 0.843. The van der Waals surface area contributed by atoms with Gasteiger partial charge < -0.3 is 9.64 Å². The minimum absolute atomic E-state index is 0.111. The smallest absolute Gasteiger partial charge is 0.263 e. The summed E-state index contributed by atoms with van der Waals surface area (Å²) in [7, 11) is 0. The molecule has 1 aliphatic heterocycles. The van der Waals surface area contributed by atoms with Crippen LogP contribution in [0.5, 0.6) is 5.75 Å². The molecule has 0 aliphatic carbocycles. The molecule has 0 N–H and O–H groups in total. The highest BCUT2D eigenvalue weighted by molar-refractivity contribution is 5.81. The Bertz CT molecular complexity index is 484. The molecular formula is C18H27NO2. The number of hydrogen-bond acceptors (Lipinski definition) is 2. The van der Waals surface area contributed by atoms with Gasteiger partial charge in [0.25, 0.3) is 5.91 Å². The fourth-order valence-electron chi connectivity index (χ4n) is 2.95. The van der Waals surface area contributed by atoms with E-state index < -0.39 is 6.10 Å². The van der Waals surface area contributed by atoms with E-state index in [-0.39, 0.29) is 5.91 Å². The van der Waals surface area contributed by atoms with Crippen LogP contribution in [0.1, 0.15) is 52.0 Å². The van der Waals surface area contributed by atoms with Gasteiger partial charge in [0.2, 0.25) is 0 Å². The van der Waals surface area contributed by atoms with E-state index in [9.17, 15) is 4.79 Å². The van der Waals surface area contributed by atoms with Crippen molar-refractivity contribution >= 4 is 5.91 Å². The van der Waals surface area contributed by atoms with Crippen molar-refractivity contribution in [3.8, 4) is 5.75 Å². The molecule has 0 spiro atoms. The van der Waals surface area contributed by atoms with Gasteiger partial charge in [0.15, 0.2) is 6.10 Å². The molecular weight excluding hydrogens is 262 g/mol. The van der Waals surface area contributed by atoms with Gasteiger partial charge in [-0.1, -0.05) is 39.0 Å². The van der Waals surface area contributed by atoms with Crippen molar-refractivity contribution in [1.29, 1.82) is 0 Å². The predicted octanol–water partition coefficient (Wildman–Crippen LogP) is 3.84. The number of hydrogen-bond donors (Lipinski definition) is 0. The first-order chi connectivity index (χ1) is 9.99. The van der Waals surface area contributed by atoms with Crippen LogP contribution in [0.15, 0.2) is 24.3 Å². The van der Waals surface area contributed by atoms with Crippen molar-refractivity contribution in [2.24, 2.45) is 5.92 Å². The third-order valence-corrected chi connectivity index (χ3v) is 4.16. The minimum atomic E-state index is -0.421. The maximum atomic E-state index is 12.5. The fraction of sp³-hybridized carbons (Fsp3) is 0.611. The lowest BCUT2D eigenvalue weighted by Gasteiger charge is -2.33. The minimum Gasteiger partial charge on any atom is -0.481 e. The Labute approximate surface area is 128 Å². The van der Waals surface area contributed by atoms with E-state index in [4.69, 9.17) is 4.74 Å². The molecule has 2 atom stereocenters. The number of likely N-dealkylation sites (tertiary alicyclic amines) is 1. The van der Waals surface area contributed by atoms with Gasteiger partial charge in [0, 0.05) is 13.1 Å². The topological polar surface area (TPSA) is 29.5 Å². The van der Waals surface area contributed by atoms with Crippen molar-refractivity contribution in [2.75, 3.05) is 13.1 Å². The van der Waals surface area contributed by atoms with Crippen LogP contribution in [0.2, 0.25) is 0 Å². The van der Waals surface area contributed by atoms with Crippen LogP contribution in [-0.4, -0.2) is 30.0 Å². The molecule has 0 aromatic heterocycles. The normalized spacial score (nSPS) is 20.4. The molecule has 1 saturated heterocycles. The molecule has 0 unspecified atom stereocenters. The fourth-order valence-corrected chi connectivity index (χ4v) is 2.95. The maximum absolute atomic E-state index is 12.5. The highest BCUT2D eigenvalue weighted by atomic mass is 16.5. The average Bonchev–Trinajstić information content (AvgIpc) is 2.46. The second kappa shape index (κ2) is 6.97. The average molecular weight is 289 g/mol. The first kappa shape index (κ1) is 15.9. The number of piperidine rings is 1. The summed E-state index contributed by atoms with van der Waals surface area (Å²) in [6, 6.07) is 8.00. The molecule has 1 fully saturated rings. The Morgan fingerprint density at radius 3 is 2.67 bits per heavy atom. The standard InChI is InChI=1S/C18H27NO2/c1-13(2)16-9-5-6-10-17(16)21-15(4)18(20)19-11-7-8-14(3)12-19/h5-6,9-10,13-15H,7-8,11-12H2,1-4H3/t14-,15-/m0/s1. The Hall–Kier alpha value is -1.51. The van der Waals surface area contributed by atoms with Crippen LogP contribution in [0.25, 0.3) is 0 Å². The zero-order chi connectivity index (χ0) is 15.4. The van der Waals surface area contributed by atoms with E-state index in [1.54, 1.807) is 0 Å². The van der Waals surface area contributed by atoms with E-state index in [0.717, 1.165) is 30.8 Å². The zero-order valence-electron chi connectivity index (χ0n) is 13.6. The molecule has 2 rings (SSSR count). The summed E-state index contributed by atoms with van der Waals surface area (Å²) in [5, 5.41) is 0. The predicted molar refractivity (Wildman–Crippen MR) is 85.6 cm³/mol. The first-order valence-corrected chi connectivity index (χ1v) is 8.03. The van der Waals surface area contributed by atoms with Gasteiger partial charge in [-0.2, -0.15) is 0 Å². The summed E-state index contributed by atoms with van der Waals surface area (Å²) in [6.45, 7) is 10.1. The summed E-state index contributed by atoms with van der Waals surface area (Å²) in [5.74, 6) is 1.93. The van der Waals surface area contributed by atoms with Gasteiger partial charge in [0.05, 0.1) is 0 Å². The van der Waals surface area contributed by atoms with Crippen molar-refractivity contribution < 1.29 is 9.53 Å². The van der Waals surface area contributed by atoms with Gasteiger partial charge in [0.1, 0.15) is 5.75 Å². The number of benzene rings is 1. The third kappa shape index (κ3) is 3.99. The van der Waals surface area contributed by atoms with Crippen molar-refractivity contribution in [3.05, 3.63) is 29.8 Å². The van der Waals surface area contributed by atoms with Gasteiger partial charge in [-0.25, -0.2) is 0 Å². The van der Waals surface area contributed by atoms with Crippen molar-refractivity contribution in [3.63, 3.8) is 0 Å². The molecule has 1 amide bonds. The van der Waals surface area contributed by atoms with E-state index in [0.29, 0.717) is 11.8 Å². The number of carbonyl (C=O) groups excluding carboxylic acids is 1. The second-order valence-corrected chi connectivity index (χ2v) is 6.48. The highest BCUT2D eigenvalue weighted by Crippen LogP contribution is 2.27. The first-order valence-electron chi connectivity index (χ1n) is 8.03. The summed E-state index contributed by atoms with van der Waals surface area (Å²) >= 11 is 0. The molecule has 3 heteroatoms. The van der Waals surface area contributed by atoms with Gasteiger partial charge in [-0.05, 0) is 43.2 Å². The molecule has 0 saturated carbocycles. The molecule has 0 radical (unpaired) electrons. The number of nitrogens with zero attached hydrogens (tertiary/aromatic N) is 1. The number of ether oxygens (including phenoxy) is 1. The monoisotopic (exact) mass is 289 g/mol. The van der Waals surface area contributed by atoms with Crippen LogP contribution < -0.4 is 4.74 Å². The van der Waals surface area contributed by atoms with E-state index in [2.05, 4.69) is 26.8 Å². The van der Waals surface area contributed by atoms with E-state index >= 15 is 0 Å². The van der Waals surface area contributed by atoms with E-state index in [1.807, 2.05) is 30.0 Å². The molecule has 3 nitrogen and oxygen atoms in total. The molecule has 1 aromatic carbocycles. The molecule has 116 valence electrons. The molecule has 1 aliphatic rings. The zero-order valence-corrected chi connectivity index (χ0v) is 13.6. The number of para-hydroxylation sites is 1. The van der Waals surface area contributed by atoms with E-state index in [1.165, 1.54) is 6.42 Å². The summed E-state index contributed by atoms with van der Waals surface area (Å²) in [5.41, 5.74) is 1.16. The van der Waals surface area contributed by atoms with Gasteiger partial charge >= 0.3 is 0 Å².